The summed E-state index contributed by atoms with van der Waals surface area (Å²) in [6.07, 6.45) is -0.402. The van der Waals surface area contributed by atoms with Crippen LogP contribution < -0.4 is 5.32 Å². The summed E-state index contributed by atoms with van der Waals surface area (Å²) < 4.78 is 5.33. The summed E-state index contributed by atoms with van der Waals surface area (Å²) in [6, 6.07) is 8.05. The van der Waals surface area contributed by atoms with Crippen LogP contribution in [0.4, 0.5) is 4.79 Å². The molecule has 0 saturated carbocycles. The van der Waals surface area contributed by atoms with Crippen LogP contribution in [-0.4, -0.2) is 19.8 Å². The molecule has 1 rings (SSSR count). The van der Waals surface area contributed by atoms with E-state index in [1.165, 1.54) is 0 Å². The van der Waals surface area contributed by atoms with Gasteiger partial charge in [-0.3, -0.25) is 0 Å². The Bertz CT molecular complexity index is 669. The minimum atomic E-state index is -1.78. The van der Waals surface area contributed by atoms with Gasteiger partial charge in [-0.05, 0) is 49.0 Å². The molecule has 1 aromatic rings. The molecule has 0 heterocycles. The summed E-state index contributed by atoms with van der Waals surface area (Å²) in [7, 11) is -1.78. The number of rotatable bonds is 5. The van der Waals surface area contributed by atoms with Crippen LogP contribution in [0.3, 0.4) is 0 Å². The van der Waals surface area contributed by atoms with E-state index in [2.05, 4.69) is 58.3 Å². The maximum Gasteiger partial charge on any atom is 0.407 e. The number of carbonyl (C=O) groups excluding carboxylic acids is 1. The maximum absolute atomic E-state index is 12.0. The molecule has 1 amide bonds. The first-order chi connectivity index (χ1) is 12.4. The standard InChI is InChI=1S/C23H37NO2Si/c1-17(2)27(18(3)4,19(5)6)15-14-20-12-10-11-13-21(20)16-24-22(25)26-23(7,8)9/h10-13,17-19H,16H2,1-9H3,(H,24,25). The molecule has 27 heavy (non-hydrogen) atoms. The first-order valence-corrected chi connectivity index (χ1v) is 12.2. The topological polar surface area (TPSA) is 38.3 Å². The van der Waals surface area contributed by atoms with Gasteiger partial charge in [-0.2, -0.15) is 0 Å². The summed E-state index contributed by atoms with van der Waals surface area (Å²) in [5, 5.41) is 2.84. The molecule has 0 fully saturated rings. The number of carbonyl (C=O) groups is 1. The molecule has 3 nitrogen and oxygen atoms in total. The molecule has 0 aromatic heterocycles. The Kier molecular flexibility index (Phi) is 8.17. The zero-order chi connectivity index (χ0) is 20.8. The first-order valence-electron chi connectivity index (χ1n) is 9.98. The predicted octanol–water partition coefficient (Wildman–Crippen LogP) is 6.28. The van der Waals surface area contributed by atoms with Gasteiger partial charge in [-0.15, -0.1) is 5.54 Å². The molecule has 0 saturated heterocycles. The second kappa shape index (κ2) is 9.46. The highest BCUT2D eigenvalue weighted by molar-refractivity contribution is 6.90. The molecule has 0 aliphatic heterocycles. The minimum absolute atomic E-state index is 0.402. The van der Waals surface area contributed by atoms with E-state index in [1.54, 1.807) is 0 Å². The molecular formula is C23H37NO2Si. The molecule has 1 N–H and O–H groups in total. The number of hydrogen-bond acceptors (Lipinski definition) is 2. The average Bonchev–Trinajstić information content (AvgIpc) is 2.51. The van der Waals surface area contributed by atoms with E-state index < -0.39 is 19.8 Å². The van der Waals surface area contributed by atoms with E-state index in [1.807, 2.05) is 45.0 Å². The van der Waals surface area contributed by atoms with E-state index in [4.69, 9.17) is 4.74 Å². The summed E-state index contributed by atoms with van der Waals surface area (Å²) in [5.41, 5.74) is 7.06. The monoisotopic (exact) mass is 387 g/mol. The Morgan fingerprint density at radius 2 is 1.56 bits per heavy atom. The van der Waals surface area contributed by atoms with Crippen LogP contribution in [0, 0.1) is 11.5 Å². The highest BCUT2D eigenvalue weighted by Crippen LogP contribution is 2.40. The fourth-order valence-electron chi connectivity index (χ4n) is 3.89. The van der Waals surface area contributed by atoms with Crippen molar-refractivity contribution >= 4 is 14.2 Å². The zero-order valence-corrected chi connectivity index (χ0v) is 19.6. The lowest BCUT2D eigenvalue weighted by Crippen LogP contribution is -2.43. The van der Waals surface area contributed by atoms with E-state index in [0.717, 1.165) is 11.1 Å². The lowest BCUT2D eigenvalue weighted by molar-refractivity contribution is 0.0523. The van der Waals surface area contributed by atoms with Crippen molar-refractivity contribution in [2.24, 2.45) is 0 Å². The van der Waals surface area contributed by atoms with Gasteiger partial charge in [0.15, 0.2) is 0 Å². The average molecular weight is 388 g/mol. The first kappa shape index (κ1) is 23.3. The van der Waals surface area contributed by atoms with Gasteiger partial charge in [0.2, 0.25) is 0 Å². The summed E-state index contributed by atoms with van der Waals surface area (Å²) in [6.45, 7) is 19.9. The number of nitrogens with one attached hydrogen (secondary N) is 1. The third-order valence-corrected chi connectivity index (χ3v) is 11.4. The van der Waals surface area contributed by atoms with Crippen molar-refractivity contribution in [3.05, 3.63) is 35.4 Å². The Morgan fingerprint density at radius 3 is 2.04 bits per heavy atom. The van der Waals surface area contributed by atoms with Gasteiger partial charge in [0.05, 0.1) is 0 Å². The van der Waals surface area contributed by atoms with Crippen molar-refractivity contribution in [1.29, 1.82) is 0 Å². The van der Waals surface area contributed by atoms with Crippen LogP contribution in [0.15, 0.2) is 24.3 Å². The highest BCUT2D eigenvalue weighted by Gasteiger charge is 2.41. The normalized spacial score (nSPS) is 12.1. The third kappa shape index (κ3) is 6.43. The van der Waals surface area contributed by atoms with Gasteiger partial charge in [0, 0.05) is 12.1 Å². The quantitative estimate of drug-likeness (QED) is 0.477. The molecule has 0 aliphatic rings. The van der Waals surface area contributed by atoms with Crippen molar-refractivity contribution in [2.45, 2.75) is 91.1 Å². The fourth-order valence-corrected chi connectivity index (χ4v) is 9.10. The molecule has 0 radical (unpaired) electrons. The zero-order valence-electron chi connectivity index (χ0n) is 18.6. The molecule has 0 spiro atoms. The van der Waals surface area contributed by atoms with Gasteiger partial charge in [-0.1, -0.05) is 65.7 Å². The van der Waals surface area contributed by atoms with Crippen LogP contribution in [0.2, 0.25) is 16.6 Å². The van der Waals surface area contributed by atoms with Gasteiger partial charge < -0.3 is 10.1 Å². The molecule has 1 aromatic carbocycles. The largest absolute Gasteiger partial charge is 0.444 e. The van der Waals surface area contributed by atoms with Crippen molar-refractivity contribution in [3.8, 4) is 11.5 Å². The van der Waals surface area contributed by atoms with Crippen LogP contribution in [0.25, 0.3) is 0 Å². The molecule has 0 unspecified atom stereocenters. The second-order valence-electron chi connectivity index (χ2n) is 9.16. The van der Waals surface area contributed by atoms with Gasteiger partial charge in [0.1, 0.15) is 13.7 Å². The van der Waals surface area contributed by atoms with Crippen molar-refractivity contribution < 1.29 is 9.53 Å². The molecule has 0 atom stereocenters. The van der Waals surface area contributed by atoms with Crippen molar-refractivity contribution in [3.63, 3.8) is 0 Å². The fraction of sp³-hybridized carbons (Fsp3) is 0.609. The highest BCUT2D eigenvalue weighted by atomic mass is 28.3. The van der Waals surface area contributed by atoms with Gasteiger partial charge in [0.25, 0.3) is 0 Å². The molecule has 0 bridgehead atoms. The Hall–Kier alpha value is -1.73. The number of amides is 1. The Morgan fingerprint density at radius 1 is 1.04 bits per heavy atom. The third-order valence-electron chi connectivity index (χ3n) is 5.12. The molecular weight excluding hydrogens is 350 g/mol. The summed E-state index contributed by atoms with van der Waals surface area (Å²) in [5.74, 6) is 3.49. The molecule has 0 aliphatic carbocycles. The van der Waals surface area contributed by atoms with Gasteiger partial charge in [-0.25, -0.2) is 4.79 Å². The van der Waals surface area contributed by atoms with E-state index in [0.29, 0.717) is 23.2 Å². The molecule has 150 valence electrons. The number of ether oxygens (including phenoxy) is 1. The van der Waals surface area contributed by atoms with Gasteiger partial charge >= 0.3 is 6.09 Å². The Balaban J connectivity index is 3.10. The maximum atomic E-state index is 12.0. The number of hydrogen-bond donors (Lipinski definition) is 1. The van der Waals surface area contributed by atoms with Crippen molar-refractivity contribution in [1.82, 2.24) is 5.32 Å². The summed E-state index contributed by atoms with van der Waals surface area (Å²) >= 11 is 0. The number of benzene rings is 1. The van der Waals surface area contributed by atoms with Crippen molar-refractivity contribution in [2.75, 3.05) is 0 Å². The summed E-state index contributed by atoms with van der Waals surface area (Å²) in [4.78, 5) is 12.0. The van der Waals surface area contributed by atoms with Crippen LogP contribution in [0.1, 0.15) is 73.4 Å². The minimum Gasteiger partial charge on any atom is -0.444 e. The Labute approximate surface area is 167 Å². The van der Waals surface area contributed by atoms with Crippen LogP contribution in [-0.2, 0) is 11.3 Å². The van der Waals surface area contributed by atoms with E-state index in [-0.39, 0.29) is 0 Å². The second-order valence-corrected chi connectivity index (χ2v) is 14.7. The van der Waals surface area contributed by atoms with Crippen LogP contribution in [0.5, 0.6) is 0 Å². The smallest absolute Gasteiger partial charge is 0.407 e. The van der Waals surface area contributed by atoms with E-state index >= 15 is 0 Å². The lowest BCUT2D eigenvalue weighted by atomic mass is 10.1. The molecule has 4 heteroatoms. The van der Waals surface area contributed by atoms with E-state index in [9.17, 15) is 4.79 Å². The lowest BCUT2D eigenvalue weighted by Gasteiger charge is -2.38. The SMILES string of the molecule is CC(C)[Si](C#Cc1ccccc1CNC(=O)OC(C)(C)C)(C(C)C)C(C)C. The van der Waals surface area contributed by atoms with Crippen LogP contribution >= 0.6 is 0 Å². The predicted molar refractivity (Wildman–Crippen MR) is 117 cm³/mol. The number of alkyl carbamates (subject to hydrolysis) is 1.